The summed E-state index contributed by atoms with van der Waals surface area (Å²) in [6.07, 6.45) is 1.64. The minimum absolute atomic E-state index is 0.0122. The van der Waals surface area contributed by atoms with Gasteiger partial charge in [0.2, 0.25) is 5.78 Å². The van der Waals surface area contributed by atoms with Crippen molar-refractivity contribution in [3.05, 3.63) is 65.0 Å². The van der Waals surface area contributed by atoms with Crippen molar-refractivity contribution in [3.8, 4) is 0 Å². The van der Waals surface area contributed by atoms with E-state index in [-0.39, 0.29) is 5.78 Å². The maximum absolute atomic E-state index is 12.2. The lowest BCUT2D eigenvalue weighted by Crippen LogP contribution is -2.06. The fourth-order valence-electron chi connectivity index (χ4n) is 1.63. The van der Waals surface area contributed by atoms with E-state index in [2.05, 4.69) is 4.98 Å². The Hall–Kier alpha value is -1.96. The smallest absolute Gasteiger partial charge is 0.211 e. The van der Waals surface area contributed by atoms with E-state index in [0.29, 0.717) is 5.69 Å². The number of hydrogen-bond acceptors (Lipinski definition) is 2. The Balaban J connectivity index is 0.000000771. The Labute approximate surface area is 109 Å². The van der Waals surface area contributed by atoms with Crippen LogP contribution in [0.3, 0.4) is 0 Å². The summed E-state index contributed by atoms with van der Waals surface area (Å²) < 4.78 is 0. The lowest BCUT2D eigenvalue weighted by atomic mass is 9.98. The number of carbonyl (C=O) groups excluding carboxylic acids is 1. The van der Waals surface area contributed by atoms with E-state index in [9.17, 15) is 4.79 Å². The highest BCUT2D eigenvalue weighted by molar-refractivity contribution is 6.08. The summed E-state index contributed by atoms with van der Waals surface area (Å²) >= 11 is 0. The number of aryl methyl sites for hydroxylation is 1. The summed E-state index contributed by atoms with van der Waals surface area (Å²) in [7, 11) is 0. The molecular weight excluding hydrogens is 222 g/mol. The number of carbonyl (C=O) groups is 1. The van der Waals surface area contributed by atoms with E-state index in [4.69, 9.17) is 0 Å². The third-order valence-electron chi connectivity index (χ3n) is 2.75. The second-order valence-corrected chi connectivity index (χ2v) is 3.79. The third-order valence-corrected chi connectivity index (χ3v) is 2.75. The fourth-order valence-corrected chi connectivity index (χ4v) is 1.63. The van der Waals surface area contributed by atoms with Gasteiger partial charge in [0.15, 0.2) is 0 Å². The second-order valence-electron chi connectivity index (χ2n) is 3.79. The molecule has 0 aliphatic heterocycles. The molecule has 1 aromatic carbocycles. The molecule has 0 aliphatic carbocycles. The highest BCUT2D eigenvalue weighted by atomic mass is 16.1. The maximum Gasteiger partial charge on any atom is 0.211 e. The van der Waals surface area contributed by atoms with Crippen LogP contribution in [0.25, 0.3) is 0 Å². The van der Waals surface area contributed by atoms with Gasteiger partial charge in [0.1, 0.15) is 5.69 Å². The predicted molar refractivity (Wildman–Crippen MR) is 74.9 cm³/mol. The quantitative estimate of drug-likeness (QED) is 0.745. The number of rotatable bonds is 2. The Morgan fingerprint density at radius 1 is 1.00 bits per heavy atom. The molecule has 0 atom stereocenters. The molecule has 0 unspecified atom stereocenters. The van der Waals surface area contributed by atoms with Gasteiger partial charge in [-0.15, -0.1) is 0 Å². The summed E-state index contributed by atoms with van der Waals surface area (Å²) in [4.78, 5) is 16.2. The van der Waals surface area contributed by atoms with E-state index in [1.807, 2.05) is 52.0 Å². The Morgan fingerprint density at radius 3 is 2.33 bits per heavy atom. The van der Waals surface area contributed by atoms with Gasteiger partial charge in [-0.1, -0.05) is 38.1 Å². The van der Waals surface area contributed by atoms with Crippen LogP contribution in [0, 0.1) is 13.8 Å². The summed E-state index contributed by atoms with van der Waals surface area (Å²) in [5, 5.41) is 0. The standard InChI is InChI=1S/C14H13NO.C2H6/c1-10-6-5-7-12(11(10)2)14(16)13-8-3-4-9-15-13;1-2/h3-9H,1-2H3;1-2H3. The molecule has 0 spiro atoms. The van der Waals surface area contributed by atoms with Crippen molar-refractivity contribution in [2.75, 3.05) is 0 Å². The largest absolute Gasteiger partial charge is 0.287 e. The zero-order valence-corrected chi connectivity index (χ0v) is 11.4. The molecule has 0 amide bonds. The Bertz CT molecular complexity index is 518. The molecule has 0 saturated carbocycles. The number of hydrogen-bond donors (Lipinski definition) is 0. The number of benzene rings is 1. The Morgan fingerprint density at radius 2 is 1.72 bits per heavy atom. The molecule has 2 aromatic rings. The highest BCUT2D eigenvalue weighted by Gasteiger charge is 2.12. The van der Waals surface area contributed by atoms with Crippen LogP contribution in [-0.2, 0) is 0 Å². The van der Waals surface area contributed by atoms with Gasteiger partial charge in [0.05, 0.1) is 0 Å². The SMILES string of the molecule is CC.Cc1cccc(C(=O)c2ccccn2)c1C. The maximum atomic E-state index is 12.2. The van der Waals surface area contributed by atoms with Crippen molar-refractivity contribution in [1.82, 2.24) is 4.98 Å². The van der Waals surface area contributed by atoms with Crippen molar-refractivity contribution >= 4 is 5.78 Å². The lowest BCUT2D eigenvalue weighted by molar-refractivity contribution is 0.103. The van der Waals surface area contributed by atoms with Crippen molar-refractivity contribution in [3.63, 3.8) is 0 Å². The summed E-state index contributed by atoms with van der Waals surface area (Å²) in [5.74, 6) is -0.0122. The monoisotopic (exact) mass is 241 g/mol. The first-order valence-corrected chi connectivity index (χ1v) is 6.22. The molecule has 0 radical (unpaired) electrons. The van der Waals surface area contributed by atoms with E-state index in [1.54, 1.807) is 18.3 Å². The van der Waals surface area contributed by atoms with Crippen LogP contribution in [0.15, 0.2) is 42.6 Å². The minimum Gasteiger partial charge on any atom is -0.287 e. The summed E-state index contributed by atoms with van der Waals surface area (Å²) in [6, 6.07) is 11.1. The summed E-state index contributed by atoms with van der Waals surface area (Å²) in [5.41, 5.74) is 3.38. The van der Waals surface area contributed by atoms with Crippen molar-refractivity contribution < 1.29 is 4.79 Å². The van der Waals surface area contributed by atoms with E-state index in [1.165, 1.54) is 0 Å². The van der Waals surface area contributed by atoms with Gasteiger partial charge in [-0.3, -0.25) is 9.78 Å². The molecule has 2 heteroatoms. The number of aromatic nitrogens is 1. The van der Waals surface area contributed by atoms with Gasteiger partial charge >= 0.3 is 0 Å². The molecule has 0 bridgehead atoms. The molecule has 0 aliphatic rings. The molecule has 18 heavy (non-hydrogen) atoms. The fraction of sp³-hybridized carbons (Fsp3) is 0.250. The zero-order chi connectivity index (χ0) is 13.5. The molecule has 0 N–H and O–H groups in total. The normalized spacial score (nSPS) is 9.33. The molecule has 2 nitrogen and oxygen atoms in total. The van der Waals surface area contributed by atoms with E-state index in [0.717, 1.165) is 16.7 Å². The molecule has 0 fully saturated rings. The van der Waals surface area contributed by atoms with Gasteiger partial charge in [-0.2, -0.15) is 0 Å². The van der Waals surface area contributed by atoms with Crippen molar-refractivity contribution in [1.29, 1.82) is 0 Å². The second kappa shape index (κ2) is 6.70. The first-order chi connectivity index (χ1) is 8.70. The van der Waals surface area contributed by atoms with Gasteiger partial charge in [-0.25, -0.2) is 0 Å². The van der Waals surface area contributed by atoms with Crippen molar-refractivity contribution in [2.24, 2.45) is 0 Å². The first-order valence-electron chi connectivity index (χ1n) is 6.22. The van der Waals surface area contributed by atoms with Crippen LogP contribution in [0.5, 0.6) is 0 Å². The van der Waals surface area contributed by atoms with Gasteiger partial charge in [0.25, 0.3) is 0 Å². The predicted octanol–water partition coefficient (Wildman–Crippen LogP) is 3.96. The number of ketones is 1. The van der Waals surface area contributed by atoms with Gasteiger partial charge in [-0.05, 0) is 37.1 Å². The van der Waals surface area contributed by atoms with Crippen LogP contribution in [-0.4, -0.2) is 10.8 Å². The molecule has 1 aromatic heterocycles. The van der Waals surface area contributed by atoms with Crippen LogP contribution in [0.2, 0.25) is 0 Å². The Kier molecular flexibility index (Phi) is 5.25. The summed E-state index contributed by atoms with van der Waals surface area (Å²) in [6.45, 7) is 7.97. The molecule has 0 saturated heterocycles. The van der Waals surface area contributed by atoms with Gasteiger partial charge in [0, 0.05) is 11.8 Å². The molecule has 1 heterocycles. The minimum atomic E-state index is -0.0122. The zero-order valence-electron chi connectivity index (χ0n) is 11.4. The molecule has 2 rings (SSSR count). The highest BCUT2D eigenvalue weighted by Crippen LogP contribution is 2.15. The average Bonchev–Trinajstić information content (AvgIpc) is 2.44. The lowest BCUT2D eigenvalue weighted by Gasteiger charge is -2.06. The number of pyridine rings is 1. The molecular formula is C16H19NO. The molecule has 94 valence electrons. The van der Waals surface area contributed by atoms with Gasteiger partial charge < -0.3 is 0 Å². The van der Waals surface area contributed by atoms with Crippen LogP contribution in [0.1, 0.15) is 41.0 Å². The van der Waals surface area contributed by atoms with Crippen LogP contribution < -0.4 is 0 Å². The first kappa shape index (κ1) is 14.1. The number of nitrogens with zero attached hydrogens (tertiary/aromatic N) is 1. The van der Waals surface area contributed by atoms with E-state index >= 15 is 0 Å². The van der Waals surface area contributed by atoms with Crippen molar-refractivity contribution in [2.45, 2.75) is 27.7 Å². The average molecular weight is 241 g/mol. The van der Waals surface area contributed by atoms with Crippen LogP contribution >= 0.6 is 0 Å². The topological polar surface area (TPSA) is 30.0 Å². The van der Waals surface area contributed by atoms with E-state index < -0.39 is 0 Å². The van der Waals surface area contributed by atoms with Crippen LogP contribution in [0.4, 0.5) is 0 Å². The third kappa shape index (κ3) is 3.04.